The number of nitrogens with one attached hydrogen (secondary N) is 7. The van der Waals surface area contributed by atoms with Crippen molar-refractivity contribution in [3.63, 3.8) is 0 Å². The number of carbonyl (C=O) groups is 4. The SMILES string of the molecule is Cl.NC1CCN(c2ccccc2)C1=O.O=C(NC1CCN(c2ccccc2)C1=O)c1cnc(NNC(=S)NC2c3cc(F)ccc3CCc3ncccc32)c(Cl)c1.O=C(O)c1cnc(NNC(=S)NC2c3cc(F)ccc3CCc3ncccc32)c(Cl)c1. The number of carbonyl (C=O) groups excluding carboxylic acids is 3. The molecule has 4 atom stereocenters. The summed E-state index contributed by atoms with van der Waals surface area (Å²) in [5, 5.41) is 19.0. The van der Waals surface area contributed by atoms with Gasteiger partial charge in [-0.15, -0.1) is 12.4 Å². The number of aryl methyl sites for hydroxylation is 4. The predicted molar refractivity (Wildman–Crippen MR) is 344 cm³/mol. The van der Waals surface area contributed by atoms with E-state index in [1.165, 1.54) is 48.8 Å². The van der Waals surface area contributed by atoms with Crippen molar-refractivity contribution in [2.24, 2.45) is 5.73 Å². The number of carboxylic acids is 1. The molecule has 6 heterocycles. The van der Waals surface area contributed by atoms with Crippen LogP contribution in [0.3, 0.4) is 0 Å². The summed E-state index contributed by atoms with van der Waals surface area (Å²) >= 11 is 23.5. The van der Waals surface area contributed by atoms with Crippen molar-refractivity contribution in [2.75, 3.05) is 33.7 Å². The Hall–Kier alpha value is -8.97. The molecule has 2 aliphatic carbocycles. The Morgan fingerprint density at radius 2 is 1.03 bits per heavy atom. The lowest BCUT2D eigenvalue weighted by molar-refractivity contribution is -0.119. The molecule has 4 aromatic heterocycles. The molecule has 452 valence electrons. The van der Waals surface area contributed by atoms with Crippen molar-refractivity contribution >= 4 is 117 Å². The number of hydrogen-bond acceptors (Lipinski definition) is 13. The summed E-state index contributed by atoms with van der Waals surface area (Å²) in [6.07, 6.45) is 10.2. The van der Waals surface area contributed by atoms with Crippen LogP contribution in [0.5, 0.6) is 0 Å². The number of carboxylic acid groups (broad SMARTS) is 1. The molecular weight excluding hydrogens is 1230 g/mol. The third-order valence-electron chi connectivity index (χ3n) is 14.8. The number of hydrazine groups is 2. The van der Waals surface area contributed by atoms with Crippen LogP contribution < -0.4 is 53.2 Å². The van der Waals surface area contributed by atoms with Crippen LogP contribution in [0, 0.1) is 11.6 Å². The first-order chi connectivity index (χ1) is 42.1. The van der Waals surface area contributed by atoms with Crippen molar-refractivity contribution in [3.8, 4) is 0 Å². The second kappa shape index (κ2) is 29.1. The van der Waals surface area contributed by atoms with Gasteiger partial charge >= 0.3 is 5.97 Å². The van der Waals surface area contributed by atoms with Gasteiger partial charge in [-0.25, -0.2) is 23.5 Å². The van der Waals surface area contributed by atoms with Crippen molar-refractivity contribution < 1.29 is 33.1 Å². The van der Waals surface area contributed by atoms with Crippen LogP contribution in [0.25, 0.3) is 0 Å². The van der Waals surface area contributed by atoms with Gasteiger partial charge in [-0.1, -0.05) is 83.9 Å². The number of benzene rings is 4. The monoisotopic (exact) mass is 1280 g/mol. The summed E-state index contributed by atoms with van der Waals surface area (Å²) in [4.78, 5) is 69.0. The van der Waals surface area contributed by atoms with Gasteiger partial charge in [-0.3, -0.25) is 46.1 Å². The first kappa shape index (κ1) is 63.5. The van der Waals surface area contributed by atoms with Gasteiger partial charge in [0.1, 0.15) is 17.7 Å². The highest BCUT2D eigenvalue weighted by atomic mass is 35.5. The molecule has 2 saturated heterocycles. The molecule has 4 unspecified atom stereocenters. The normalized spacial score (nSPS) is 16.9. The number of nitrogens with two attached hydrogens (primary N) is 1. The van der Waals surface area contributed by atoms with Crippen molar-refractivity contribution in [1.82, 2.24) is 46.7 Å². The number of para-hydroxylation sites is 2. The highest BCUT2D eigenvalue weighted by Crippen LogP contribution is 2.34. The van der Waals surface area contributed by atoms with Gasteiger partial charge in [0.2, 0.25) is 11.8 Å². The van der Waals surface area contributed by atoms with Gasteiger partial charge < -0.3 is 36.6 Å². The topological polar surface area (TPSA) is 257 Å². The summed E-state index contributed by atoms with van der Waals surface area (Å²) in [5.41, 5.74) is 26.1. The second-order valence-corrected chi connectivity index (χ2v) is 22.0. The zero-order valence-corrected chi connectivity index (χ0v) is 50.5. The molecule has 0 radical (unpaired) electrons. The molecule has 2 aliphatic heterocycles. The quantitative estimate of drug-likeness (QED) is 0.0432. The number of anilines is 4. The minimum absolute atomic E-state index is 0. The Kier molecular flexibility index (Phi) is 21.0. The molecule has 0 saturated carbocycles. The van der Waals surface area contributed by atoms with Gasteiger partial charge in [-0.2, -0.15) is 0 Å². The zero-order valence-electron chi connectivity index (χ0n) is 46.6. The number of rotatable bonds is 11. The van der Waals surface area contributed by atoms with E-state index in [1.54, 1.807) is 34.3 Å². The fourth-order valence-corrected chi connectivity index (χ4v) is 11.2. The van der Waals surface area contributed by atoms with E-state index in [-0.39, 0.29) is 84.9 Å². The highest BCUT2D eigenvalue weighted by molar-refractivity contribution is 7.80. The number of pyridine rings is 4. The average Bonchev–Trinajstić information content (AvgIpc) is 2.29. The molecule has 12 rings (SSSR count). The maximum absolute atomic E-state index is 14.3. The largest absolute Gasteiger partial charge is 0.478 e. The minimum Gasteiger partial charge on any atom is -0.478 e. The van der Waals surface area contributed by atoms with Crippen molar-refractivity contribution in [3.05, 3.63) is 236 Å². The summed E-state index contributed by atoms with van der Waals surface area (Å²) in [6, 6.07) is 37.0. The van der Waals surface area contributed by atoms with E-state index in [2.05, 4.69) is 57.6 Å². The number of halogens is 5. The Balaban J connectivity index is 0.000000178. The van der Waals surface area contributed by atoms with Crippen LogP contribution in [-0.4, -0.2) is 84.1 Å². The molecule has 26 heteroatoms. The smallest absolute Gasteiger partial charge is 0.337 e. The molecule has 3 amide bonds. The van der Waals surface area contributed by atoms with Crippen LogP contribution in [0.15, 0.2) is 158 Å². The molecule has 2 fully saturated rings. The molecule has 4 aromatic carbocycles. The lowest BCUT2D eigenvalue weighted by atomic mass is 9.96. The number of thiocarbonyl (C=S) groups is 2. The van der Waals surface area contributed by atoms with Gasteiger partial charge in [0, 0.05) is 71.8 Å². The molecule has 10 N–H and O–H groups in total. The number of aromatic carboxylic acids is 1. The number of aromatic nitrogens is 4. The third kappa shape index (κ3) is 15.2. The lowest BCUT2D eigenvalue weighted by Crippen LogP contribution is -2.42. The van der Waals surface area contributed by atoms with E-state index in [0.717, 1.165) is 94.8 Å². The van der Waals surface area contributed by atoms with Crippen LogP contribution >= 0.6 is 60.0 Å². The van der Waals surface area contributed by atoms with E-state index >= 15 is 0 Å². The van der Waals surface area contributed by atoms with E-state index in [0.29, 0.717) is 13.0 Å². The summed E-state index contributed by atoms with van der Waals surface area (Å²) in [6.45, 7) is 1.25. The average molecular weight is 1290 g/mol. The fraction of sp³-hybridized carbons (Fsp3) is 0.194. The summed E-state index contributed by atoms with van der Waals surface area (Å²) in [7, 11) is 0. The van der Waals surface area contributed by atoms with Gasteiger partial charge in [0.25, 0.3) is 5.91 Å². The van der Waals surface area contributed by atoms with Crippen LogP contribution in [-0.2, 0) is 35.3 Å². The highest BCUT2D eigenvalue weighted by Gasteiger charge is 2.35. The Morgan fingerprint density at radius 1 is 0.568 bits per heavy atom. The molecular formula is C62H57Cl3F2N14O5S2. The molecule has 8 aromatic rings. The molecule has 4 aliphatic rings. The maximum Gasteiger partial charge on any atom is 0.337 e. The predicted octanol–water partition coefficient (Wildman–Crippen LogP) is 9.30. The van der Waals surface area contributed by atoms with E-state index in [4.69, 9.17) is 58.5 Å². The zero-order chi connectivity index (χ0) is 61.1. The minimum atomic E-state index is -1.13. The molecule has 0 bridgehead atoms. The van der Waals surface area contributed by atoms with Crippen molar-refractivity contribution in [2.45, 2.75) is 62.7 Å². The number of nitrogens with zero attached hydrogens (tertiary/aromatic N) is 6. The Labute approximate surface area is 531 Å². The van der Waals surface area contributed by atoms with E-state index < -0.39 is 30.0 Å². The standard InChI is InChI=1S/C31H27ClFN7O2S.C21H17ClFN5O2S.C10H12N2O.ClH/c32-24-15-19(29(41)36-26-12-14-40(30(26)42)21-5-2-1-3-6-21)17-35-28(24)38-39-31(43)37-27-22-7-4-13-34-25(22)11-9-18-8-10-20(33)16-23(18)27;22-16-8-12(20(29)30)10-25-19(16)27-28-21(31)26-18-14-2-1-7-24-17(14)6-4-11-3-5-13(23)9-15(11)18;11-9-6-7-12(10(9)13)8-4-2-1-3-5-8;/h1-8,10,13,15-17,26-27H,9,11-12,14H2,(H,35,38)(H,36,41)(H2,37,39,43);1-3,5,7-10,18H,4,6H2,(H,25,27)(H,29,30)(H2,26,28,31);1-5,9H,6-7,11H2;1H. The van der Waals surface area contributed by atoms with Crippen molar-refractivity contribution in [1.29, 1.82) is 0 Å². The lowest BCUT2D eigenvalue weighted by Gasteiger charge is -2.23. The number of fused-ring (bicyclic) bond motifs is 4. The second-order valence-electron chi connectivity index (χ2n) is 20.4. The fourth-order valence-electron chi connectivity index (χ4n) is 10.5. The molecule has 0 spiro atoms. The van der Waals surface area contributed by atoms with E-state index in [9.17, 15) is 28.0 Å². The first-order valence-electron chi connectivity index (χ1n) is 27.5. The third-order valence-corrected chi connectivity index (χ3v) is 15.8. The van der Waals surface area contributed by atoms with Crippen LogP contribution in [0.1, 0.15) is 90.4 Å². The maximum atomic E-state index is 14.3. The summed E-state index contributed by atoms with van der Waals surface area (Å²) in [5.74, 6) is -1.92. The molecule has 88 heavy (non-hydrogen) atoms. The van der Waals surface area contributed by atoms with Crippen LogP contribution in [0.2, 0.25) is 10.0 Å². The number of hydrogen-bond donors (Lipinski definition) is 9. The van der Waals surface area contributed by atoms with Gasteiger partial charge in [0.05, 0.1) is 39.3 Å². The first-order valence-corrected chi connectivity index (χ1v) is 29.1. The van der Waals surface area contributed by atoms with Gasteiger partial charge in [-0.05, 0) is 158 Å². The van der Waals surface area contributed by atoms with Gasteiger partial charge in [0.15, 0.2) is 21.9 Å². The molecule has 19 nitrogen and oxygen atoms in total. The Bertz CT molecular complexity index is 3900. The number of amides is 3. The van der Waals surface area contributed by atoms with E-state index in [1.807, 2.05) is 84.9 Å². The van der Waals surface area contributed by atoms with Crippen LogP contribution in [0.4, 0.5) is 31.8 Å². The Morgan fingerprint density at radius 3 is 1.50 bits per heavy atom. The summed E-state index contributed by atoms with van der Waals surface area (Å²) < 4.78 is 28.3.